The Morgan fingerprint density at radius 3 is 2.18 bits per heavy atom. The first-order valence-electron chi connectivity index (χ1n) is 4.59. The van der Waals surface area contributed by atoms with Gasteiger partial charge in [0.25, 0.3) is 0 Å². The summed E-state index contributed by atoms with van der Waals surface area (Å²) >= 11 is 0. The summed E-state index contributed by atoms with van der Waals surface area (Å²) in [6, 6.07) is 0. The minimum atomic E-state index is -1.35. The first kappa shape index (κ1) is 22.6. The molecule has 8 heteroatoms. The zero-order valence-electron chi connectivity index (χ0n) is 9.27. The van der Waals surface area contributed by atoms with Crippen LogP contribution in [0.3, 0.4) is 0 Å². The molecule has 0 fully saturated rings. The molecule has 0 aliphatic heterocycles. The third-order valence-corrected chi connectivity index (χ3v) is 2.03. The van der Waals surface area contributed by atoms with Crippen LogP contribution in [0.15, 0.2) is 0 Å². The number of hydrogen-bond donors (Lipinski definition) is 4. The average Bonchev–Trinajstić information content (AvgIpc) is 2.15. The zero-order valence-corrected chi connectivity index (χ0v) is 10.1. The van der Waals surface area contributed by atoms with Gasteiger partial charge in [-0.25, -0.2) is 0 Å². The molecule has 0 bridgehead atoms. The summed E-state index contributed by atoms with van der Waals surface area (Å²) < 4.78 is 0. The van der Waals surface area contributed by atoms with Gasteiger partial charge in [-0.1, -0.05) is 13.8 Å². The van der Waals surface area contributed by atoms with Gasteiger partial charge in [0.2, 0.25) is 5.91 Å². The summed E-state index contributed by atoms with van der Waals surface area (Å²) in [6.45, 7) is 2.70. The number of aliphatic carboxylic acids is 1. The Bertz CT molecular complexity index is 250. The summed E-state index contributed by atoms with van der Waals surface area (Å²) in [5.41, 5.74) is -0.937. The fraction of sp³-hybridized carbons (Fsp3) is 0.778. The first-order chi connectivity index (χ1) is 6.81. The van der Waals surface area contributed by atoms with Crippen LogP contribution >= 0.6 is 12.4 Å². The van der Waals surface area contributed by atoms with Gasteiger partial charge >= 0.3 is 43.7 Å². The van der Waals surface area contributed by atoms with E-state index in [2.05, 4.69) is 5.32 Å². The van der Waals surface area contributed by atoms with E-state index in [0.29, 0.717) is 0 Å². The number of nitrogens with one attached hydrogen (secondary N) is 1. The van der Waals surface area contributed by atoms with Crippen LogP contribution in [0, 0.1) is 5.41 Å². The van der Waals surface area contributed by atoms with E-state index in [1.807, 2.05) is 0 Å². The minimum absolute atomic E-state index is 0. The van der Waals surface area contributed by atoms with Gasteiger partial charge in [0.05, 0.1) is 13.0 Å². The first-order valence-corrected chi connectivity index (χ1v) is 4.59. The van der Waals surface area contributed by atoms with Crippen LogP contribution in [0.25, 0.3) is 0 Å². The average molecular weight is 298 g/mol. The van der Waals surface area contributed by atoms with Crippen molar-refractivity contribution in [3.05, 3.63) is 0 Å². The predicted octanol–water partition coefficient (Wildman–Crippen LogP) is -1.54. The summed E-state index contributed by atoms with van der Waals surface area (Å²) in [4.78, 5) is 21.4. The van der Waals surface area contributed by atoms with Gasteiger partial charge < -0.3 is 20.6 Å². The van der Waals surface area contributed by atoms with Gasteiger partial charge in [-0.15, -0.1) is 12.4 Å². The van der Waals surface area contributed by atoms with E-state index >= 15 is 0 Å². The second-order valence-electron chi connectivity index (χ2n) is 3.98. The summed E-state index contributed by atoms with van der Waals surface area (Å²) in [5, 5.41) is 29.0. The Balaban J connectivity index is -0.000000980. The fourth-order valence-electron chi connectivity index (χ4n) is 0.831. The molecule has 0 aromatic carbocycles. The molecule has 0 spiro atoms. The van der Waals surface area contributed by atoms with Crippen molar-refractivity contribution in [1.29, 1.82) is 0 Å². The predicted molar refractivity (Wildman–Crippen MR) is 67.9 cm³/mol. The quantitative estimate of drug-likeness (QED) is 0.445. The standard InChI is InChI=1S/C9H17NO5.Ca.ClH.2H/c1-9(2,5-11)7(14)8(15)10-4-3-6(12)13;;;;/h7,11,14H,3-5H2,1-2H3,(H,10,15)(H,12,13);;1H;;/t7-;;;;/m0..../s1. The Morgan fingerprint density at radius 1 is 1.35 bits per heavy atom. The van der Waals surface area contributed by atoms with Gasteiger partial charge in [-0.3, -0.25) is 9.59 Å². The Morgan fingerprint density at radius 2 is 1.82 bits per heavy atom. The SMILES string of the molecule is CC(C)(CO)[C@@H](O)C(=O)NCCC(=O)O.Cl.[CaH2]. The molecule has 0 aromatic rings. The number of carbonyl (C=O) groups excluding carboxylic acids is 1. The Labute approximate surface area is 136 Å². The normalized spacial score (nSPS) is 11.8. The van der Waals surface area contributed by atoms with Gasteiger partial charge in [0, 0.05) is 12.0 Å². The maximum atomic E-state index is 11.3. The molecule has 100 valence electrons. The molecular formula is C9H20CaClNO5. The van der Waals surface area contributed by atoms with Crippen molar-refractivity contribution in [3.8, 4) is 0 Å². The molecule has 0 aromatic heterocycles. The summed E-state index contributed by atoms with van der Waals surface area (Å²) in [6.07, 6.45) is -1.55. The van der Waals surface area contributed by atoms with Crippen LogP contribution in [-0.4, -0.2) is 84.2 Å². The van der Waals surface area contributed by atoms with Gasteiger partial charge in [-0.05, 0) is 0 Å². The van der Waals surface area contributed by atoms with E-state index < -0.39 is 23.4 Å². The summed E-state index contributed by atoms with van der Waals surface area (Å²) in [7, 11) is 0. The third kappa shape index (κ3) is 9.04. The van der Waals surface area contributed by atoms with Crippen LogP contribution in [0.5, 0.6) is 0 Å². The van der Waals surface area contributed by atoms with E-state index in [1.54, 1.807) is 0 Å². The maximum absolute atomic E-state index is 11.3. The second-order valence-corrected chi connectivity index (χ2v) is 3.98. The van der Waals surface area contributed by atoms with Gasteiger partial charge in [0.15, 0.2) is 0 Å². The number of amides is 1. The fourth-order valence-corrected chi connectivity index (χ4v) is 0.831. The van der Waals surface area contributed by atoms with Crippen molar-refractivity contribution in [3.63, 3.8) is 0 Å². The van der Waals surface area contributed by atoms with Crippen LogP contribution in [0.4, 0.5) is 0 Å². The molecule has 17 heavy (non-hydrogen) atoms. The Kier molecular flexibility index (Phi) is 13.7. The van der Waals surface area contributed by atoms with Crippen molar-refractivity contribution >= 4 is 62.0 Å². The number of hydrogen-bond acceptors (Lipinski definition) is 4. The summed E-state index contributed by atoms with van der Waals surface area (Å²) in [5.74, 6) is -1.69. The van der Waals surface area contributed by atoms with Crippen molar-refractivity contribution in [1.82, 2.24) is 5.32 Å². The molecule has 0 rings (SSSR count). The van der Waals surface area contributed by atoms with Crippen molar-refractivity contribution < 1.29 is 24.9 Å². The number of halogens is 1. The molecular weight excluding hydrogens is 278 g/mol. The van der Waals surface area contributed by atoms with Crippen LogP contribution in [0.2, 0.25) is 0 Å². The van der Waals surface area contributed by atoms with Gasteiger partial charge in [-0.2, -0.15) is 0 Å². The molecule has 0 heterocycles. The van der Waals surface area contributed by atoms with Crippen LogP contribution in [-0.2, 0) is 9.59 Å². The molecule has 6 nitrogen and oxygen atoms in total. The molecule has 0 aliphatic carbocycles. The third-order valence-electron chi connectivity index (χ3n) is 2.03. The van der Waals surface area contributed by atoms with Crippen LogP contribution in [0.1, 0.15) is 20.3 Å². The topological polar surface area (TPSA) is 107 Å². The Hall–Kier alpha value is 0.410. The van der Waals surface area contributed by atoms with E-state index in [9.17, 15) is 14.7 Å². The molecule has 0 radical (unpaired) electrons. The number of rotatable bonds is 6. The molecule has 0 saturated carbocycles. The molecule has 0 aliphatic rings. The second kappa shape index (κ2) is 10.3. The molecule has 4 N–H and O–H groups in total. The van der Waals surface area contributed by atoms with E-state index in [0.717, 1.165) is 0 Å². The number of carbonyl (C=O) groups is 2. The molecule has 1 amide bonds. The molecule has 0 saturated heterocycles. The van der Waals surface area contributed by atoms with E-state index in [-0.39, 0.29) is 69.7 Å². The van der Waals surface area contributed by atoms with Crippen molar-refractivity contribution in [2.75, 3.05) is 13.2 Å². The van der Waals surface area contributed by atoms with Crippen LogP contribution < -0.4 is 5.32 Å². The van der Waals surface area contributed by atoms with Gasteiger partial charge in [0.1, 0.15) is 6.10 Å². The monoisotopic (exact) mass is 297 g/mol. The van der Waals surface area contributed by atoms with Crippen molar-refractivity contribution in [2.24, 2.45) is 5.41 Å². The number of carboxylic acids is 1. The van der Waals surface area contributed by atoms with E-state index in [4.69, 9.17) is 10.2 Å². The molecule has 1 atom stereocenters. The van der Waals surface area contributed by atoms with E-state index in [1.165, 1.54) is 13.8 Å². The van der Waals surface area contributed by atoms with Crippen molar-refractivity contribution in [2.45, 2.75) is 26.4 Å². The molecule has 0 unspecified atom stereocenters. The number of aliphatic hydroxyl groups is 2. The number of carboxylic acid groups (broad SMARTS) is 1. The zero-order chi connectivity index (χ0) is 12.1. The number of aliphatic hydroxyl groups excluding tert-OH is 2.